The molecular formula is C25H24N2O4. The predicted molar refractivity (Wildman–Crippen MR) is 120 cm³/mol. The van der Waals surface area contributed by atoms with Crippen LogP contribution in [0.3, 0.4) is 0 Å². The monoisotopic (exact) mass is 416 g/mol. The molecule has 0 unspecified atom stereocenters. The SMILES string of the molecule is COc1ccc(N2C[C@H](C(=O)Nc3ccc(Oc4ccc(C)cc4)cc3)CC2=O)cc1. The standard InChI is InChI=1S/C25H24N2O4/c1-17-3-9-22(10-4-17)31-23-11-5-19(6-12-23)26-25(29)18-15-24(28)27(16-18)20-7-13-21(30-2)14-8-20/h3-14,18H,15-16H2,1-2H3,(H,26,29)/t18-/m1/s1. The Labute approximate surface area is 181 Å². The highest BCUT2D eigenvalue weighted by Crippen LogP contribution is 2.28. The molecule has 1 aliphatic rings. The van der Waals surface area contributed by atoms with Crippen LogP contribution in [0.5, 0.6) is 17.2 Å². The van der Waals surface area contributed by atoms with Crippen molar-refractivity contribution in [1.82, 2.24) is 0 Å². The average Bonchev–Trinajstić information content (AvgIpc) is 3.18. The third-order valence-electron chi connectivity index (χ3n) is 5.26. The summed E-state index contributed by atoms with van der Waals surface area (Å²) in [6, 6.07) is 22.2. The molecule has 6 nitrogen and oxygen atoms in total. The molecule has 31 heavy (non-hydrogen) atoms. The van der Waals surface area contributed by atoms with Crippen LogP contribution in [-0.4, -0.2) is 25.5 Å². The fourth-order valence-corrected chi connectivity index (χ4v) is 3.49. The maximum Gasteiger partial charge on any atom is 0.229 e. The Hall–Kier alpha value is -3.80. The van der Waals surface area contributed by atoms with Crippen LogP contribution in [0.4, 0.5) is 11.4 Å². The number of aryl methyl sites for hydroxylation is 1. The van der Waals surface area contributed by atoms with Gasteiger partial charge in [-0.2, -0.15) is 0 Å². The molecule has 0 aliphatic carbocycles. The summed E-state index contributed by atoms with van der Waals surface area (Å²) >= 11 is 0. The number of nitrogens with one attached hydrogen (secondary N) is 1. The van der Waals surface area contributed by atoms with Crippen LogP contribution in [0.1, 0.15) is 12.0 Å². The minimum absolute atomic E-state index is 0.0628. The smallest absolute Gasteiger partial charge is 0.229 e. The Morgan fingerprint density at radius 1 is 0.903 bits per heavy atom. The van der Waals surface area contributed by atoms with Gasteiger partial charge in [0.1, 0.15) is 17.2 Å². The van der Waals surface area contributed by atoms with E-state index in [0.29, 0.717) is 18.0 Å². The minimum Gasteiger partial charge on any atom is -0.497 e. The number of ether oxygens (including phenoxy) is 2. The number of hydrogen-bond acceptors (Lipinski definition) is 4. The lowest BCUT2D eigenvalue weighted by Crippen LogP contribution is -2.28. The van der Waals surface area contributed by atoms with E-state index in [1.54, 1.807) is 48.4 Å². The Morgan fingerprint density at radius 3 is 2.10 bits per heavy atom. The number of hydrogen-bond donors (Lipinski definition) is 1. The molecule has 0 radical (unpaired) electrons. The first-order chi connectivity index (χ1) is 15.0. The largest absolute Gasteiger partial charge is 0.497 e. The van der Waals surface area contributed by atoms with Crippen molar-refractivity contribution in [2.75, 3.05) is 23.9 Å². The van der Waals surface area contributed by atoms with Gasteiger partial charge in [0.2, 0.25) is 11.8 Å². The highest BCUT2D eigenvalue weighted by molar-refractivity contribution is 6.03. The molecule has 1 heterocycles. The van der Waals surface area contributed by atoms with Gasteiger partial charge in [-0.25, -0.2) is 0 Å². The Morgan fingerprint density at radius 2 is 1.48 bits per heavy atom. The summed E-state index contributed by atoms with van der Waals surface area (Å²) in [5.41, 5.74) is 2.59. The van der Waals surface area contributed by atoms with Crippen molar-refractivity contribution in [3.05, 3.63) is 78.4 Å². The van der Waals surface area contributed by atoms with E-state index in [2.05, 4.69) is 5.32 Å². The molecule has 0 saturated carbocycles. The lowest BCUT2D eigenvalue weighted by Gasteiger charge is -2.17. The number of amides is 2. The lowest BCUT2D eigenvalue weighted by atomic mass is 10.1. The Bertz CT molecular complexity index is 1060. The van der Waals surface area contributed by atoms with Crippen molar-refractivity contribution in [2.45, 2.75) is 13.3 Å². The van der Waals surface area contributed by atoms with Crippen molar-refractivity contribution in [1.29, 1.82) is 0 Å². The molecule has 0 spiro atoms. The molecule has 1 atom stereocenters. The van der Waals surface area contributed by atoms with Crippen LogP contribution < -0.4 is 19.7 Å². The fourth-order valence-electron chi connectivity index (χ4n) is 3.49. The van der Waals surface area contributed by atoms with Gasteiger partial charge in [-0.3, -0.25) is 9.59 Å². The first-order valence-electron chi connectivity index (χ1n) is 10.1. The van der Waals surface area contributed by atoms with E-state index in [1.807, 2.05) is 43.3 Å². The van der Waals surface area contributed by atoms with Crippen molar-refractivity contribution in [2.24, 2.45) is 5.92 Å². The van der Waals surface area contributed by atoms with Gasteiger partial charge in [0.25, 0.3) is 0 Å². The second-order valence-electron chi connectivity index (χ2n) is 7.53. The van der Waals surface area contributed by atoms with E-state index in [9.17, 15) is 9.59 Å². The molecule has 0 aromatic heterocycles. The summed E-state index contributed by atoms with van der Waals surface area (Å²) in [6.45, 7) is 2.38. The Balaban J connectivity index is 1.35. The Kier molecular flexibility index (Phi) is 5.89. The lowest BCUT2D eigenvalue weighted by molar-refractivity contribution is -0.122. The second kappa shape index (κ2) is 8.92. The van der Waals surface area contributed by atoms with Crippen molar-refractivity contribution >= 4 is 23.2 Å². The third kappa shape index (κ3) is 4.86. The van der Waals surface area contributed by atoms with Crippen LogP contribution in [0.15, 0.2) is 72.8 Å². The number of methoxy groups -OCH3 is 1. The minimum atomic E-state index is -0.405. The van der Waals surface area contributed by atoms with Crippen LogP contribution in [-0.2, 0) is 9.59 Å². The summed E-state index contributed by atoms with van der Waals surface area (Å²) in [6.07, 6.45) is 0.187. The quantitative estimate of drug-likeness (QED) is 0.628. The predicted octanol–water partition coefficient (Wildman–Crippen LogP) is 4.79. The summed E-state index contributed by atoms with van der Waals surface area (Å²) < 4.78 is 11.0. The zero-order valence-electron chi connectivity index (χ0n) is 17.5. The molecule has 3 aromatic rings. The van der Waals surface area contributed by atoms with Gasteiger partial charge in [0.05, 0.1) is 13.0 Å². The van der Waals surface area contributed by atoms with Gasteiger partial charge in [0, 0.05) is 24.3 Å². The molecular weight excluding hydrogens is 392 g/mol. The zero-order valence-corrected chi connectivity index (χ0v) is 17.5. The van der Waals surface area contributed by atoms with Gasteiger partial charge in [-0.1, -0.05) is 17.7 Å². The molecule has 0 bridgehead atoms. The van der Waals surface area contributed by atoms with E-state index in [0.717, 1.165) is 17.2 Å². The molecule has 2 amide bonds. The fraction of sp³-hybridized carbons (Fsp3) is 0.200. The number of anilines is 2. The normalized spacial score (nSPS) is 15.6. The van der Waals surface area contributed by atoms with Crippen molar-refractivity contribution in [3.8, 4) is 17.2 Å². The van der Waals surface area contributed by atoms with E-state index in [4.69, 9.17) is 9.47 Å². The highest BCUT2D eigenvalue weighted by Gasteiger charge is 2.35. The van der Waals surface area contributed by atoms with Gasteiger partial charge in [0.15, 0.2) is 0 Å². The van der Waals surface area contributed by atoms with E-state index >= 15 is 0 Å². The summed E-state index contributed by atoms with van der Waals surface area (Å²) in [7, 11) is 1.59. The molecule has 4 rings (SSSR count). The van der Waals surface area contributed by atoms with Crippen LogP contribution in [0.2, 0.25) is 0 Å². The van der Waals surface area contributed by atoms with E-state index < -0.39 is 5.92 Å². The topological polar surface area (TPSA) is 67.9 Å². The van der Waals surface area contributed by atoms with Crippen LogP contribution in [0, 0.1) is 12.8 Å². The van der Waals surface area contributed by atoms with E-state index in [1.165, 1.54) is 5.56 Å². The number of carbonyl (C=O) groups excluding carboxylic acids is 2. The van der Waals surface area contributed by atoms with E-state index in [-0.39, 0.29) is 18.2 Å². The highest BCUT2D eigenvalue weighted by atomic mass is 16.5. The zero-order chi connectivity index (χ0) is 21.8. The van der Waals surface area contributed by atoms with Crippen molar-refractivity contribution in [3.63, 3.8) is 0 Å². The summed E-state index contributed by atoms with van der Waals surface area (Å²) in [5.74, 6) is 1.52. The second-order valence-corrected chi connectivity index (χ2v) is 7.53. The van der Waals surface area contributed by atoms with Gasteiger partial charge in [-0.05, 0) is 67.6 Å². The number of nitrogens with zero attached hydrogens (tertiary/aromatic N) is 1. The first kappa shape index (κ1) is 20.5. The molecule has 6 heteroatoms. The molecule has 158 valence electrons. The summed E-state index contributed by atoms with van der Waals surface area (Å²) in [4.78, 5) is 26.8. The van der Waals surface area contributed by atoms with Gasteiger partial charge < -0.3 is 19.7 Å². The average molecular weight is 416 g/mol. The maximum atomic E-state index is 12.7. The molecule has 1 aliphatic heterocycles. The van der Waals surface area contributed by atoms with Crippen molar-refractivity contribution < 1.29 is 19.1 Å². The molecule has 1 saturated heterocycles. The van der Waals surface area contributed by atoms with Crippen LogP contribution >= 0.6 is 0 Å². The number of rotatable bonds is 6. The number of benzene rings is 3. The maximum absolute atomic E-state index is 12.7. The molecule has 3 aromatic carbocycles. The number of carbonyl (C=O) groups is 2. The van der Waals surface area contributed by atoms with Crippen LogP contribution in [0.25, 0.3) is 0 Å². The van der Waals surface area contributed by atoms with Gasteiger partial charge in [-0.15, -0.1) is 0 Å². The third-order valence-corrected chi connectivity index (χ3v) is 5.26. The molecule has 1 N–H and O–H groups in total. The first-order valence-corrected chi connectivity index (χ1v) is 10.1. The van der Waals surface area contributed by atoms with Gasteiger partial charge >= 0.3 is 0 Å². The molecule has 1 fully saturated rings. The summed E-state index contributed by atoms with van der Waals surface area (Å²) in [5, 5.41) is 2.90.